The van der Waals surface area contributed by atoms with Gasteiger partial charge in [0.05, 0.1) is 0 Å². The molecule has 17 heavy (non-hydrogen) atoms. The summed E-state index contributed by atoms with van der Waals surface area (Å²) >= 11 is 3.34. The fraction of sp³-hybridized carbons (Fsp3) is 0.538. The highest BCUT2D eigenvalue weighted by atomic mass is 79.9. The van der Waals surface area contributed by atoms with Gasteiger partial charge in [-0.3, -0.25) is 4.90 Å². The van der Waals surface area contributed by atoms with Gasteiger partial charge in [-0.05, 0) is 36.7 Å². The average Bonchev–Trinajstić information content (AvgIpc) is 2.13. The van der Waals surface area contributed by atoms with Crippen molar-refractivity contribution in [3.63, 3.8) is 0 Å². The van der Waals surface area contributed by atoms with Crippen molar-refractivity contribution in [3.8, 4) is 0 Å². The first kappa shape index (κ1) is 13.0. The molecule has 0 aliphatic carbocycles. The number of benzene rings is 1. The van der Waals surface area contributed by atoms with Crippen LogP contribution in [-0.4, -0.2) is 30.6 Å². The maximum Gasteiger partial charge on any atom is 0.124 e. The fourth-order valence-corrected chi connectivity index (χ4v) is 2.66. The molecule has 1 aliphatic heterocycles. The number of halogens is 2. The van der Waals surface area contributed by atoms with Crippen molar-refractivity contribution in [2.45, 2.75) is 25.9 Å². The van der Waals surface area contributed by atoms with Crippen LogP contribution in [0, 0.1) is 5.82 Å². The third-order valence-electron chi connectivity index (χ3n) is 3.10. The molecule has 1 aromatic rings. The van der Waals surface area contributed by atoms with E-state index in [-0.39, 0.29) is 5.82 Å². The molecule has 0 aromatic heterocycles. The second-order valence-corrected chi connectivity index (χ2v) is 5.48. The first-order chi connectivity index (χ1) is 8.19. The molecule has 0 amide bonds. The van der Waals surface area contributed by atoms with Gasteiger partial charge in [0, 0.05) is 30.1 Å². The van der Waals surface area contributed by atoms with Crippen molar-refractivity contribution in [2.24, 2.45) is 0 Å². The number of nitrogens with zero attached hydrogens (tertiary/aromatic N) is 1. The molecule has 4 heteroatoms. The van der Waals surface area contributed by atoms with E-state index in [1.807, 2.05) is 6.07 Å². The van der Waals surface area contributed by atoms with Crippen molar-refractivity contribution in [1.82, 2.24) is 10.2 Å². The Labute approximate surface area is 110 Å². The lowest BCUT2D eigenvalue weighted by Crippen LogP contribution is -2.56. The molecule has 0 spiro atoms. The number of hydrogen-bond donors (Lipinski definition) is 1. The zero-order chi connectivity index (χ0) is 12.3. The van der Waals surface area contributed by atoms with Crippen molar-refractivity contribution in [1.29, 1.82) is 0 Å². The Bertz CT molecular complexity index is 359. The molecule has 0 bridgehead atoms. The Hall–Kier alpha value is -0.450. The van der Waals surface area contributed by atoms with Gasteiger partial charge < -0.3 is 5.32 Å². The third kappa shape index (κ3) is 3.50. The summed E-state index contributed by atoms with van der Waals surface area (Å²) in [6.45, 7) is 6.19. The van der Waals surface area contributed by atoms with E-state index < -0.39 is 0 Å². The van der Waals surface area contributed by atoms with Gasteiger partial charge in [-0.15, -0.1) is 0 Å². The number of rotatable bonds is 5. The molecule has 0 radical (unpaired) electrons. The summed E-state index contributed by atoms with van der Waals surface area (Å²) in [4.78, 5) is 2.43. The van der Waals surface area contributed by atoms with Gasteiger partial charge >= 0.3 is 0 Å². The van der Waals surface area contributed by atoms with Crippen molar-refractivity contribution in [2.75, 3.05) is 19.6 Å². The molecule has 1 fully saturated rings. The molecule has 0 unspecified atom stereocenters. The van der Waals surface area contributed by atoms with E-state index in [0.717, 1.165) is 42.6 Å². The smallest absolute Gasteiger partial charge is 0.124 e. The second-order valence-electron chi connectivity index (χ2n) is 4.56. The highest BCUT2D eigenvalue weighted by Crippen LogP contribution is 2.18. The minimum atomic E-state index is -0.169. The topological polar surface area (TPSA) is 15.3 Å². The van der Waals surface area contributed by atoms with Crippen LogP contribution in [0.2, 0.25) is 0 Å². The SMILES string of the molecule is CCCN(Cc1cc(F)cc(Br)c1)C1CNC1. The van der Waals surface area contributed by atoms with Gasteiger partial charge in [-0.25, -0.2) is 4.39 Å². The minimum absolute atomic E-state index is 0.169. The van der Waals surface area contributed by atoms with E-state index in [1.165, 1.54) is 6.07 Å². The average molecular weight is 301 g/mol. The van der Waals surface area contributed by atoms with Crippen LogP contribution >= 0.6 is 15.9 Å². The molecule has 94 valence electrons. The first-order valence-electron chi connectivity index (χ1n) is 6.08. The standard InChI is InChI=1S/C13H18BrFN2/c1-2-3-17(13-7-16-8-13)9-10-4-11(14)6-12(15)5-10/h4-6,13,16H,2-3,7-9H2,1H3. The molecular formula is C13H18BrFN2. The summed E-state index contributed by atoms with van der Waals surface area (Å²) in [6.07, 6.45) is 1.13. The van der Waals surface area contributed by atoms with E-state index in [4.69, 9.17) is 0 Å². The molecule has 2 rings (SSSR count). The van der Waals surface area contributed by atoms with E-state index in [1.54, 1.807) is 6.07 Å². The summed E-state index contributed by atoms with van der Waals surface area (Å²) in [5, 5.41) is 3.28. The molecule has 1 saturated heterocycles. The van der Waals surface area contributed by atoms with Gasteiger partial charge in [0.15, 0.2) is 0 Å². The normalized spacial score (nSPS) is 16.2. The summed E-state index contributed by atoms with van der Waals surface area (Å²) in [7, 11) is 0. The maximum atomic E-state index is 13.3. The fourth-order valence-electron chi connectivity index (χ4n) is 2.15. The van der Waals surface area contributed by atoms with E-state index >= 15 is 0 Å². The Balaban J connectivity index is 2.05. The lowest BCUT2D eigenvalue weighted by molar-refractivity contribution is 0.137. The Morgan fingerprint density at radius 3 is 2.71 bits per heavy atom. The van der Waals surface area contributed by atoms with E-state index in [9.17, 15) is 4.39 Å². The van der Waals surface area contributed by atoms with Crippen LogP contribution in [0.5, 0.6) is 0 Å². The van der Waals surface area contributed by atoms with Gasteiger partial charge in [0.2, 0.25) is 0 Å². The van der Waals surface area contributed by atoms with Gasteiger partial charge in [0.1, 0.15) is 5.82 Å². The first-order valence-corrected chi connectivity index (χ1v) is 6.88. The zero-order valence-electron chi connectivity index (χ0n) is 10.0. The van der Waals surface area contributed by atoms with Crippen molar-refractivity contribution < 1.29 is 4.39 Å². The number of hydrogen-bond acceptors (Lipinski definition) is 2. The van der Waals surface area contributed by atoms with Gasteiger partial charge in [-0.2, -0.15) is 0 Å². The molecule has 1 N–H and O–H groups in total. The highest BCUT2D eigenvalue weighted by molar-refractivity contribution is 9.10. The van der Waals surface area contributed by atoms with Crippen molar-refractivity contribution in [3.05, 3.63) is 34.1 Å². The van der Waals surface area contributed by atoms with Crippen LogP contribution < -0.4 is 5.32 Å². The lowest BCUT2D eigenvalue weighted by Gasteiger charge is -2.38. The summed E-state index contributed by atoms with van der Waals surface area (Å²) < 4.78 is 14.1. The van der Waals surface area contributed by atoms with Crippen LogP contribution in [0.15, 0.2) is 22.7 Å². The minimum Gasteiger partial charge on any atom is -0.314 e. The Kier molecular flexibility index (Phi) is 4.54. The molecule has 2 nitrogen and oxygen atoms in total. The van der Waals surface area contributed by atoms with Crippen LogP contribution in [-0.2, 0) is 6.54 Å². The molecule has 1 aromatic carbocycles. The Morgan fingerprint density at radius 1 is 1.41 bits per heavy atom. The predicted octanol–water partition coefficient (Wildman–Crippen LogP) is 2.77. The summed E-state index contributed by atoms with van der Waals surface area (Å²) in [6, 6.07) is 5.73. The maximum absolute atomic E-state index is 13.3. The van der Waals surface area contributed by atoms with Gasteiger partial charge in [-0.1, -0.05) is 22.9 Å². The van der Waals surface area contributed by atoms with Gasteiger partial charge in [0.25, 0.3) is 0 Å². The van der Waals surface area contributed by atoms with Crippen LogP contribution in [0.25, 0.3) is 0 Å². The molecular weight excluding hydrogens is 283 g/mol. The summed E-state index contributed by atoms with van der Waals surface area (Å²) in [5.41, 5.74) is 1.04. The van der Waals surface area contributed by atoms with Crippen molar-refractivity contribution >= 4 is 15.9 Å². The van der Waals surface area contributed by atoms with Crippen LogP contribution in [0.3, 0.4) is 0 Å². The summed E-state index contributed by atoms with van der Waals surface area (Å²) in [5.74, 6) is -0.169. The second kappa shape index (κ2) is 5.94. The monoisotopic (exact) mass is 300 g/mol. The van der Waals surface area contributed by atoms with E-state index in [2.05, 4.69) is 33.1 Å². The number of nitrogens with one attached hydrogen (secondary N) is 1. The predicted molar refractivity (Wildman–Crippen MR) is 71.5 cm³/mol. The van der Waals surface area contributed by atoms with E-state index in [0.29, 0.717) is 6.04 Å². The van der Waals surface area contributed by atoms with Crippen LogP contribution in [0.4, 0.5) is 4.39 Å². The highest BCUT2D eigenvalue weighted by Gasteiger charge is 2.23. The molecule has 0 atom stereocenters. The van der Waals surface area contributed by atoms with Crippen LogP contribution in [0.1, 0.15) is 18.9 Å². The zero-order valence-corrected chi connectivity index (χ0v) is 11.6. The largest absolute Gasteiger partial charge is 0.314 e. The molecule has 1 aliphatic rings. The molecule has 0 saturated carbocycles. The molecule has 1 heterocycles. The Morgan fingerprint density at radius 2 is 2.18 bits per heavy atom. The quantitative estimate of drug-likeness (QED) is 0.899. The third-order valence-corrected chi connectivity index (χ3v) is 3.55. The lowest BCUT2D eigenvalue weighted by atomic mass is 10.1.